The van der Waals surface area contributed by atoms with Crippen LogP contribution >= 0.6 is 0 Å². The number of imidazole rings is 1. The molecule has 33 heavy (non-hydrogen) atoms. The first-order chi connectivity index (χ1) is 15.9. The number of morpholine rings is 1. The zero-order chi connectivity index (χ0) is 23.5. The molecule has 0 bridgehead atoms. The fourth-order valence-electron chi connectivity index (χ4n) is 3.82. The molecular formula is C22H31N9O2. The Morgan fingerprint density at radius 3 is 2.64 bits per heavy atom. The number of ether oxygens (including phenoxy) is 2. The van der Waals surface area contributed by atoms with Crippen molar-refractivity contribution in [2.45, 2.75) is 33.4 Å². The van der Waals surface area contributed by atoms with Gasteiger partial charge < -0.3 is 24.3 Å². The van der Waals surface area contributed by atoms with E-state index in [0.717, 1.165) is 24.4 Å². The minimum Gasteiger partial charge on any atom is -0.383 e. The summed E-state index contributed by atoms with van der Waals surface area (Å²) < 4.78 is 14.3. The number of hydrogen-bond acceptors (Lipinski definition) is 9. The maximum Gasteiger partial charge on any atom is 0.180 e. The maximum absolute atomic E-state index is 8.46. The zero-order valence-electron chi connectivity index (χ0n) is 19.6. The normalized spacial score (nSPS) is 14.3. The van der Waals surface area contributed by atoms with Crippen molar-refractivity contribution in [2.24, 2.45) is 0 Å². The van der Waals surface area contributed by atoms with Crippen LogP contribution in [0.5, 0.6) is 0 Å². The van der Waals surface area contributed by atoms with Crippen LogP contribution in [0.3, 0.4) is 0 Å². The van der Waals surface area contributed by atoms with Crippen molar-refractivity contribution in [1.29, 1.82) is 10.8 Å². The van der Waals surface area contributed by atoms with Gasteiger partial charge in [-0.05, 0) is 32.9 Å². The monoisotopic (exact) mass is 453 g/mol. The van der Waals surface area contributed by atoms with Gasteiger partial charge in [-0.15, -0.1) is 0 Å². The quantitative estimate of drug-likeness (QED) is 0.368. The molecule has 1 fully saturated rings. The summed E-state index contributed by atoms with van der Waals surface area (Å²) in [5.41, 5.74) is 2.20. The van der Waals surface area contributed by atoms with E-state index in [1.54, 1.807) is 20.2 Å². The molecule has 0 saturated carbocycles. The van der Waals surface area contributed by atoms with E-state index in [9.17, 15) is 0 Å². The van der Waals surface area contributed by atoms with E-state index < -0.39 is 0 Å². The molecule has 11 nitrogen and oxygen atoms in total. The van der Waals surface area contributed by atoms with Crippen molar-refractivity contribution in [2.75, 3.05) is 50.2 Å². The molecule has 1 aliphatic heterocycles. The molecule has 0 aliphatic carbocycles. The third-order valence-electron chi connectivity index (χ3n) is 5.42. The Morgan fingerprint density at radius 1 is 1.21 bits per heavy atom. The highest BCUT2D eigenvalue weighted by molar-refractivity contribution is 5.81. The lowest BCUT2D eigenvalue weighted by Gasteiger charge is -2.27. The molecule has 0 unspecified atom stereocenters. The van der Waals surface area contributed by atoms with Crippen molar-refractivity contribution in [3.8, 4) is 11.5 Å². The van der Waals surface area contributed by atoms with Gasteiger partial charge >= 0.3 is 0 Å². The van der Waals surface area contributed by atoms with Crippen LogP contribution in [-0.4, -0.2) is 76.0 Å². The highest BCUT2D eigenvalue weighted by Gasteiger charge is 2.20. The summed E-state index contributed by atoms with van der Waals surface area (Å²) in [7, 11) is 1.66. The average molecular weight is 454 g/mol. The molecule has 0 amide bonds. The molecule has 176 valence electrons. The molecule has 0 aromatic carbocycles. The van der Waals surface area contributed by atoms with E-state index in [1.807, 2.05) is 30.5 Å². The number of methoxy groups -OCH3 is 1. The van der Waals surface area contributed by atoms with E-state index >= 15 is 0 Å². The minimum absolute atomic E-state index is 0.0846. The van der Waals surface area contributed by atoms with Gasteiger partial charge in [-0.1, -0.05) is 0 Å². The summed E-state index contributed by atoms with van der Waals surface area (Å²) in [5, 5.41) is 19.8. The number of pyridine rings is 1. The van der Waals surface area contributed by atoms with Crippen molar-refractivity contribution in [3.05, 3.63) is 23.8 Å². The second kappa shape index (κ2) is 9.67. The predicted molar refractivity (Wildman–Crippen MR) is 127 cm³/mol. The van der Waals surface area contributed by atoms with Gasteiger partial charge in [0.1, 0.15) is 17.3 Å². The Labute approximate surface area is 192 Å². The molecule has 0 spiro atoms. The van der Waals surface area contributed by atoms with E-state index in [1.165, 1.54) is 4.57 Å². The van der Waals surface area contributed by atoms with Crippen LogP contribution in [0.4, 0.5) is 11.6 Å². The van der Waals surface area contributed by atoms with Crippen molar-refractivity contribution in [3.63, 3.8) is 0 Å². The van der Waals surface area contributed by atoms with Crippen LogP contribution in [0.1, 0.15) is 20.8 Å². The number of fused-ring (bicyclic) bond motifs is 1. The van der Waals surface area contributed by atoms with Gasteiger partial charge in [0.25, 0.3) is 0 Å². The molecular weight excluding hydrogens is 422 g/mol. The highest BCUT2D eigenvalue weighted by Crippen LogP contribution is 2.25. The van der Waals surface area contributed by atoms with E-state index in [4.69, 9.17) is 35.2 Å². The van der Waals surface area contributed by atoms with Crippen molar-refractivity contribution >= 4 is 28.6 Å². The lowest BCUT2D eigenvalue weighted by atomic mass is 10.3. The van der Waals surface area contributed by atoms with Crippen molar-refractivity contribution in [1.82, 2.24) is 24.1 Å². The van der Waals surface area contributed by atoms with Gasteiger partial charge in [-0.2, -0.15) is 0 Å². The number of rotatable bonds is 7. The number of aromatic nitrogens is 5. The first-order valence-corrected chi connectivity index (χ1v) is 11.1. The molecule has 0 atom stereocenters. The molecule has 4 heterocycles. The SMILES string of the molecule is COCCn1c(-c2cn(C(C)=N)c(=N)c(NC(C)C)n2)nc2nc(N3CCOCC3)ccc21. The van der Waals surface area contributed by atoms with Gasteiger partial charge in [0.05, 0.1) is 25.3 Å². The fraction of sp³-hybridized carbons (Fsp3) is 0.500. The molecule has 3 N–H and O–H groups in total. The summed E-state index contributed by atoms with van der Waals surface area (Å²) in [5.74, 6) is 2.12. The van der Waals surface area contributed by atoms with Crippen LogP contribution < -0.4 is 15.7 Å². The first-order valence-electron chi connectivity index (χ1n) is 11.1. The molecule has 1 aliphatic rings. The van der Waals surface area contributed by atoms with Crippen LogP contribution in [0.25, 0.3) is 22.7 Å². The Hall–Kier alpha value is -3.31. The molecule has 11 heteroatoms. The van der Waals surface area contributed by atoms with E-state index in [0.29, 0.717) is 49.3 Å². The number of hydrogen-bond donors (Lipinski definition) is 3. The summed E-state index contributed by atoms with van der Waals surface area (Å²) in [6.45, 7) is 9.65. The Balaban J connectivity index is 1.87. The summed E-state index contributed by atoms with van der Waals surface area (Å²) in [6, 6.07) is 4.12. The van der Waals surface area contributed by atoms with Gasteiger partial charge in [0, 0.05) is 39.0 Å². The predicted octanol–water partition coefficient (Wildman–Crippen LogP) is 1.92. The first kappa shape index (κ1) is 22.9. The Morgan fingerprint density at radius 2 is 1.97 bits per heavy atom. The topological polar surface area (TPSA) is 130 Å². The largest absolute Gasteiger partial charge is 0.383 e. The maximum atomic E-state index is 8.46. The van der Waals surface area contributed by atoms with Crippen LogP contribution in [0.15, 0.2) is 18.3 Å². The molecule has 3 aromatic heterocycles. The lowest BCUT2D eigenvalue weighted by molar-refractivity contribution is 0.122. The van der Waals surface area contributed by atoms with Gasteiger partial charge in [-0.25, -0.2) is 15.0 Å². The number of anilines is 2. The van der Waals surface area contributed by atoms with Gasteiger partial charge in [0.15, 0.2) is 22.8 Å². The molecule has 0 radical (unpaired) electrons. The standard InChI is InChI=1S/C22H31N9O2/c1-14(2)25-21-19(24)31(15(3)23)13-16(26-21)22-28-20-17(30(22)9-10-32-4)5-6-18(27-20)29-7-11-33-12-8-29/h5-6,13-14,23-24H,7-12H2,1-4H3,(H,25,26). The Bertz CT molecular complexity index is 1210. The van der Waals surface area contributed by atoms with Crippen LogP contribution in [0, 0.1) is 10.8 Å². The number of nitrogens with zero attached hydrogens (tertiary/aromatic N) is 6. The third-order valence-corrected chi connectivity index (χ3v) is 5.42. The summed E-state index contributed by atoms with van der Waals surface area (Å²) >= 11 is 0. The van der Waals surface area contributed by atoms with Crippen LogP contribution in [-0.2, 0) is 16.0 Å². The molecule has 4 rings (SSSR count). The minimum atomic E-state index is 0.0846. The third kappa shape index (κ3) is 4.74. The van der Waals surface area contributed by atoms with Gasteiger partial charge in [0.2, 0.25) is 0 Å². The average Bonchev–Trinajstić information content (AvgIpc) is 3.16. The Kier molecular flexibility index (Phi) is 6.70. The number of nitrogens with one attached hydrogen (secondary N) is 3. The lowest BCUT2D eigenvalue weighted by Crippen LogP contribution is -2.36. The zero-order valence-corrected chi connectivity index (χ0v) is 19.6. The van der Waals surface area contributed by atoms with Crippen LogP contribution in [0.2, 0.25) is 0 Å². The molecule has 1 saturated heterocycles. The fourth-order valence-corrected chi connectivity index (χ4v) is 3.82. The smallest absolute Gasteiger partial charge is 0.180 e. The van der Waals surface area contributed by atoms with Gasteiger partial charge in [-0.3, -0.25) is 15.4 Å². The summed E-state index contributed by atoms with van der Waals surface area (Å²) in [4.78, 5) is 16.6. The molecule has 3 aromatic rings. The van der Waals surface area contributed by atoms with Crippen molar-refractivity contribution < 1.29 is 9.47 Å². The second-order valence-electron chi connectivity index (χ2n) is 8.27. The van der Waals surface area contributed by atoms with E-state index in [2.05, 4.69) is 10.2 Å². The summed E-state index contributed by atoms with van der Waals surface area (Å²) in [6.07, 6.45) is 1.68. The highest BCUT2D eigenvalue weighted by atomic mass is 16.5. The van der Waals surface area contributed by atoms with E-state index in [-0.39, 0.29) is 17.4 Å². The second-order valence-corrected chi connectivity index (χ2v) is 8.27.